The number of benzene rings is 1. The van der Waals surface area contributed by atoms with E-state index in [1.165, 1.54) is 5.56 Å². The third-order valence-corrected chi connectivity index (χ3v) is 4.02. The van der Waals surface area contributed by atoms with E-state index >= 15 is 0 Å². The molecule has 0 spiro atoms. The molecule has 3 nitrogen and oxygen atoms in total. The molecule has 1 aliphatic carbocycles. The minimum absolute atomic E-state index is 0.138. The average molecular weight is 280 g/mol. The third kappa shape index (κ3) is 3.15. The zero-order valence-corrected chi connectivity index (χ0v) is 11.1. The molecule has 1 saturated carbocycles. The summed E-state index contributed by atoms with van der Waals surface area (Å²) in [4.78, 5) is 11.9. The molecule has 108 valence electrons. The van der Waals surface area contributed by atoms with Gasteiger partial charge in [0.25, 0.3) is 5.92 Å². The van der Waals surface area contributed by atoms with Gasteiger partial charge in [0.1, 0.15) is 0 Å². The summed E-state index contributed by atoms with van der Waals surface area (Å²) in [5, 5.41) is 5.45. The van der Waals surface area contributed by atoms with Crippen LogP contribution in [0.4, 0.5) is 8.78 Å². The number of hydrogen-bond donors (Lipinski definition) is 2. The van der Waals surface area contributed by atoms with Gasteiger partial charge in [0.15, 0.2) is 0 Å². The summed E-state index contributed by atoms with van der Waals surface area (Å²) in [5.74, 6) is -2.61. The maximum atomic E-state index is 13.0. The van der Waals surface area contributed by atoms with E-state index in [2.05, 4.69) is 22.8 Å². The Morgan fingerprint density at radius 1 is 1.35 bits per heavy atom. The second-order valence-corrected chi connectivity index (χ2v) is 5.79. The fourth-order valence-corrected chi connectivity index (χ4v) is 2.75. The van der Waals surface area contributed by atoms with Crippen LogP contribution in [-0.2, 0) is 11.2 Å². The topological polar surface area (TPSA) is 41.1 Å². The Morgan fingerprint density at radius 3 is 2.75 bits per heavy atom. The first-order valence-electron chi connectivity index (χ1n) is 6.99. The number of alkyl halides is 2. The minimum Gasteiger partial charge on any atom is -0.352 e. The second kappa shape index (κ2) is 5.13. The minimum atomic E-state index is -2.75. The molecule has 1 heterocycles. The van der Waals surface area contributed by atoms with Crippen molar-refractivity contribution >= 4 is 5.91 Å². The van der Waals surface area contributed by atoms with Crippen LogP contribution in [0.25, 0.3) is 0 Å². The van der Waals surface area contributed by atoms with E-state index in [9.17, 15) is 13.6 Å². The molecular formula is C15H18F2N2O. The van der Waals surface area contributed by atoms with Crippen LogP contribution in [0.5, 0.6) is 0 Å². The molecule has 1 aromatic carbocycles. The van der Waals surface area contributed by atoms with E-state index < -0.39 is 24.9 Å². The Morgan fingerprint density at radius 2 is 2.10 bits per heavy atom. The Bertz CT molecular complexity index is 492. The van der Waals surface area contributed by atoms with Gasteiger partial charge in [0.05, 0.1) is 12.6 Å². The highest BCUT2D eigenvalue weighted by molar-refractivity contribution is 5.82. The van der Waals surface area contributed by atoms with Crippen LogP contribution in [0.15, 0.2) is 30.3 Å². The zero-order chi connectivity index (χ0) is 14.2. The molecule has 1 saturated heterocycles. The van der Waals surface area contributed by atoms with Crippen molar-refractivity contribution in [3.63, 3.8) is 0 Å². The Balaban J connectivity index is 1.45. The molecule has 5 heteroatoms. The molecule has 2 N–H and O–H groups in total. The van der Waals surface area contributed by atoms with Crippen molar-refractivity contribution in [3.8, 4) is 0 Å². The molecule has 20 heavy (non-hydrogen) atoms. The Hall–Kier alpha value is -1.49. The molecule has 3 unspecified atom stereocenters. The van der Waals surface area contributed by atoms with Crippen LogP contribution in [0.1, 0.15) is 18.4 Å². The van der Waals surface area contributed by atoms with Gasteiger partial charge in [-0.2, -0.15) is 0 Å². The van der Waals surface area contributed by atoms with Crippen molar-refractivity contribution in [1.29, 1.82) is 0 Å². The Labute approximate surface area is 116 Å². The maximum Gasteiger partial charge on any atom is 0.262 e. The molecule has 3 rings (SSSR count). The molecule has 3 atom stereocenters. The number of rotatable bonds is 4. The number of halogens is 2. The van der Waals surface area contributed by atoms with Gasteiger partial charge in [0, 0.05) is 12.5 Å². The highest BCUT2D eigenvalue weighted by atomic mass is 19.3. The van der Waals surface area contributed by atoms with Crippen LogP contribution < -0.4 is 10.6 Å². The van der Waals surface area contributed by atoms with E-state index in [0.29, 0.717) is 5.92 Å². The quantitative estimate of drug-likeness (QED) is 0.882. The largest absolute Gasteiger partial charge is 0.352 e. The first-order chi connectivity index (χ1) is 9.53. The SMILES string of the molecule is O=C(NC1CC1Cc1ccccc1)C1CC(F)(F)CN1. The number of hydrogen-bond acceptors (Lipinski definition) is 2. The molecule has 1 aliphatic heterocycles. The molecule has 0 radical (unpaired) electrons. The lowest BCUT2D eigenvalue weighted by Crippen LogP contribution is -2.41. The van der Waals surface area contributed by atoms with Crippen LogP contribution in [0, 0.1) is 5.92 Å². The zero-order valence-electron chi connectivity index (χ0n) is 11.1. The monoisotopic (exact) mass is 280 g/mol. The first-order valence-corrected chi connectivity index (χ1v) is 6.99. The molecule has 2 fully saturated rings. The third-order valence-electron chi connectivity index (χ3n) is 4.02. The van der Waals surface area contributed by atoms with Crippen LogP contribution in [0.3, 0.4) is 0 Å². The van der Waals surface area contributed by atoms with Crippen molar-refractivity contribution in [3.05, 3.63) is 35.9 Å². The number of amides is 1. The maximum absolute atomic E-state index is 13.0. The summed E-state index contributed by atoms with van der Waals surface area (Å²) in [5.41, 5.74) is 1.25. The number of carbonyl (C=O) groups excluding carboxylic acids is 1. The predicted octanol–water partition coefficient (Wildman–Crippen LogP) is 1.73. The van der Waals surface area contributed by atoms with Gasteiger partial charge in [-0.3, -0.25) is 10.1 Å². The lowest BCUT2D eigenvalue weighted by molar-refractivity contribution is -0.123. The summed E-state index contributed by atoms with van der Waals surface area (Å²) >= 11 is 0. The van der Waals surface area contributed by atoms with Crippen molar-refractivity contribution in [2.24, 2.45) is 5.92 Å². The van der Waals surface area contributed by atoms with Gasteiger partial charge >= 0.3 is 0 Å². The van der Waals surface area contributed by atoms with E-state index in [-0.39, 0.29) is 11.9 Å². The Kier molecular flexibility index (Phi) is 3.46. The second-order valence-electron chi connectivity index (χ2n) is 5.79. The number of nitrogens with one attached hydrogen (secondary N) is 2. The van der Waals surface area contributed by atoms with Gasteiger partial charge in [-0.05, 0) is 24.3 Å². The van der Waals surface area contributed by atoms with Crippen LogP contribution in [-0.4, -0.2) is 30.5 Å². The average Bonchev–Trinajstić information content (AvgIpc) is 3.01. The molecule has 1 amide bonds. The molecular weight excluding hydrogens is 262 g/mol. The summed E-state index contributed by atoms with van der Waals surface area (Å²) in [6, 6.07) is 9.49. The van der Waals surface area contributed by atoms with Gasteiger partial charge < -0.3 is 5.32 Å². The first kappa shape index (κ1) is 13.5. The van der Waals surface area contributed by atoms with Crippen LogP contribution in [0.2, 0.25) is 0 Å². The fourth-order valence-electron chi connectivity index (χ4n) is 2.75. The van der Waals surface area contributed by atoms with E-state index in [0.717, 1.165) is 12.8 Å². The molecule has 0 bridgehead atoms. The normalized spacial score (nSPS) is 31.0. The summed E-state index contributed by atoms with van der Waals surface area (Å²) < 4.78 is 26.1. The summed E-state index contributed by atoms with van der Waals surface area (Å²) in [6.45, 7) is -0.400. The van der Waals surface area contributed by atoms with Gasteiger partial charge in [0.2, 0.25) is 5.91 Å². The van der Waals surface area contributed by atoms with Crippen molar-refractivity contribution in [1.82, 2.24) is 10.6 Å². The summed E-state index contributed by atoms with van der Waals surface area (Å²) in [7, 11) is 0. The van der Waals surface area contributed by atoms with E-state index in [1.54, 1.807) is 0 Å². The van der Waals surface area contributed by atoms with E-state index in [1.807, 2.05) is 18.2 Å². The smallest absolute Gasteiger partial charge is 0.262 e. The predicted molar refractivity (Wildman–Crippen MR) is 71.5 cm³/mol. The lowest BCUT2D eigenvalue weighted by atomic mass is 10.1. The van der Waals surface area contributed by atoms with Gasteiger partial charge in [-0.1, -0.05) is 30.3 Å². The highest BCUT2D eigenvalue weighted by Crippen LogP contribution is 2.34. The van der Waals surface area contributed by atoms with Crippen LogP contribution >= 0.6 is 0 Å². The van der Waals surface area contributed by atoms with Gasteiger partial charge in [-0.25, -0.2) is 8.78 Å². The molecule has 0 aromatic heterocycles. The van der Waals surface area contributed by atoms with E-state index in [4.69, 9.17) is 0 Å². The fraction of sp³-hybridized carbons (Fsp3) is 0.533. The lowest BCUT2D eigenvalue weighted by Gasteiger charge is -2.11. The van der Waals surface area contributed by atoms with Crippen molar-refractivity contribution < 1.29 is 13.6 Å². The molecule has 2 aliphatic rings. The van der Waals surface area contributed by atoms with Crippen molar-refractivity contribution in [2.45, 2.75) is 37.3 Å². The van der Waals surface area contributed by atoms with Gasteiger partial charge in [-0.15, -0.1) is 0 Å². The standard InChI is InChI=1S/C15H18F2N2O/c16-15(17)8-13(18-9-15)14(20)19-12-7-11(12)6-10-4-2-1-3-5-10/h1-5,11-13,18H,6-9H2,(H,19,20). The molecule has 1 aromatic rings. The number of carbonyl (C=O) groups is 1. The summed E-state index contributed by atoms with van der Waals surface area (Å²) in [6.07, 6.45) is 1.47. The van der Waals surface area contributed by atoms with Crippen molar-refractivity contribution in [2.75, 3.05) is 6.54 Å². The highest BCUT2D eigenvalue weighted by Gasteiger charge is 2.45.